The van der Waals surface area contributed by atoms with E-state index < -0.39 is 0 Å². The van der Waals surface area contributed by atoms with Gasteiger partial charge in [0, 0.05) is 11.7 Å². The Balaban J connectivity index is 1.60. The first-order chi connectivity index (χ1) is 10.8. The molecule has 3 rings (SSSR count). The minimum Gasteiger partial charge on any atom is -0.386 e. The fourth-order valence-electron chi connectivity index (χ4n) is 2.74. The normalized spacial score (nSPS) is 16.8. The van der Waals surface area contributed by atoms with E-state index in [-0.39, 0.29) is 18.6 Å². The van der Waals surface area contributed by atoms with Crippen LogP contribution in [0.2, 0.25) is 0 Å². The molecule has 112 valence electrons. The fourth-order valence-corrected chi connectivity index (χ4v) is 2.74. The van der Waals surface area contributed by atoms with Crippen molar-refractivity contribution in [3.8, 4) is 0 Å². The lowest BCUT2D eigenvalue weighted by Gasteiger charge is -2.21. The minimum absolute atomic E-state index is 0.0536. The Morgan fingerprint density at radius 1 is 1.23 bits per heavy atom. The lowest BCUT2D eigenvalue weighted by atomic mass is 10.1. The van der Waals surface area contributed by atoms with Gasteiger partial charge in [0.25, 0.3) is 5.91 Å². The topological polar surface area (TPSA) is 41.9 Å². The second kappa shape index (κ2) is 6.43. The Bertz CT molecular complexity index is 682. The number of amides is 1. The van der Waals surface area contributed by atoms with Crippen molar-refractivity contribution in [1.29, 1.82) is 0 Å². The van der Waals surface area contributed by atoms with Gasteiger partial charge in [0.1, 0.15) is 0 Å². The number of carbonyl (C=O) groups is 1. The van der Waals surface area contributed by atoms with Crippen LogP contribution >= 0.6 is 0 Å². The van der Waals surface area contributed by atoms with Gasteiger partial charge >= 0.3 is 0 Å². The summed E-state index contributed by atoms with van der Waals surface area (Å²) in [6.45, 7) is 1.99. The number of anilines is 1. The first-order valence-electron chi connectivity index (χ1n) is 7.36. The van der Waals surface area contributed by atoms with Gasteiger partial charge in [0.15, 0.2) is 6.61 Å². The molecule has 2 aromatic rings. The second-order valence-corrected chi connectivity index (χ2v) is 5.36. The highest BCUT2D eigenvalue weighted by Gasteiger charge is 2.30. The molecule has 4 nitrogen and oxygen atoms in total. The molecule has 22 heavy (non-hydrogen) atoms. The van der Waals surface area contributed by atoms with Crippen molar-refractivity contribution in [2.45, 2.75) is 19.4 Å². The third kappa shape index (κ3) is 3.01. The number of hydrogen-bond acceptors (Lipinski definition) is 3. The number of oxime groups is 1. The molecule has 0 spiro atoms. The van der Waals surface area contributed by atoms with E-state index in [1.807, 2.05) is 55.5 Å². The Morgan fingerprint density at radius 2 is 1.95 bits per heavy atom. The lowest BCUT2D eigenvalue weighted by molar-refractivity contribution is -0.123. The van der Waals surface area contributed by atoms with Crippen LogP contribution in [0.4, 0.5) is 5.69 Å². The number of rotatable bonds is 4. The van der Waals surface area contributed by atoms with E-state index in [0.717, 1.165) is 17.7 Å². The van der Waals surface area contributed by atoms with Gasteiger partial charge in [0.05, 0.1) is 6.21 Å². The summed E-state index contributed by atoms with van der Waals surface area (Å²) < 4.78 is 0. The maximum absolute atomic E-state index is 12.4. The van der Waals surface area contributed by atoms with Crippen molar-refractivity contribution >= 4 is 17.8 Å². The molecule has 1 atom stereocenters. The highest BCUT2D eigenvalue weighted by Crippen LogP contribution is 2.31. The van der Waals surface area contributed by atoms with E-state index >= 15 is 0 Å². The maximum Gasteiger partial charge on any atom is 0.268 e. The predicted molar refractivity (Wildman–Crippen MR) is 87.1 cm³/mol. The Kier molecular flexibility index (Phi) is 4.19. The highest BCUT2D eigenvalue weighted by atomic mass is 16.6. The number of benzene rings is 2. The van der Waals surface area contributed by atoms with E-state index in [0.29, 0.717) is 0 Å². The molecule has 1 aliphatic heterocycles. The molecule has 1 aliphatic rings. The van der Waals surface area contributed by atoms with E-state index in [9.17, 15) is 4.79 Å². The van der Waals surface area contributed by atoms with Gasteiger partial charge in [-0.05, 0) is 30.5 Å². The van der Waals surface area contributed by atoms with Crippen LogP contribution in [-0.4, -0.2) is 24.8 Å². The number of fused-ring (bicyclic) bond motifs is 1. The summed E-state index contributed by atoms with van der Waals surface area (Å²) in [4.78, 5) is 19.3. The van der Waals surface area contributed by atoms with Crippen LogP contribution < -0.4 is 4.90 Å². The molecule has 0 bridgehead atoms. The van der Waals surface area contributed by atoms with Crippen LogP contribution in [0.25, 0.3) is 0 Å². The average Bonchev–Trinajstić information content (AvgIpc) is 2.88. The molecular formula is C18H18N2O2. The van der Waals surface area contributed by atoms with Crippen molar-refractivity contribution in [2.24, 2.45) is 5.16 Å². The highest BCUT2D eigenvalue weighted by molar-refractivity contribution is 5.97. The SMILES string of the molecule is C[C@@H]1Cc2ccccc2N1C(=O)CO/N=C\c1ccccc1. The van der Waals surface area contributed by atoms with Crippen molar-refractivity contribution < 1.29 is 9.63 Å². The van der Waals surface area contributed by atoms with E-state index in [2.05, 4.69) is 11.2 Å². The molecule has 0 fully saturated rings. The zero-order valence-corrected chi connectivity index (χ0v) is 12.5. The summed E-state index contributed by atoms with van der Waals surface area (Å²) in [6, 6.07) is 17.8. The summed E-state index contributed by atoms with van der Waals surface area (Å²) in [5.74, 6) is -0.0670. The van der Waals surface area contributed by atoms with Crippen LogP contribution in [0.15, 0.2) is 59.8 Å². The molecule has 2 aromatic carbocycles. The second-order valence-electron chi connectivity index (χ2n) is 5.36. The zero-order valence-electron chi connectivity index (χ0n) is 12.5. The molecule has 0 saturated carbocycles. The minimum atomic E-state index is -0.0670. The molecule has 0 N–H and O–H groups in total. The third-order valence-corrected chi connectivity index (χ3v) is 3.74. The van der Waals surface area contributed by atoms with Crippen LogP contribution in [0.3, 0.4) is 0 Å². The van der Waals surface area contributed by atoms with E-state index in [1.54, 1.807) is 11.1 Å². The van der Waals surface area contributed by atoms with E-state index in [1.165, 1.54) is 5.56 Å². The van der Waals surface area contributed by atoms with Gasteiger partial charge in [-0.15, -0.1) is 0 Å². The number of carbonyl (C=O) groups excluding carboxylic acids is 1. The van der Waals surface area contributed by atoms with Crippen molar-refractivity contribution in [3.05, 3.63) is 65.7 Å². The average molecular weight is 294 g/mol. The third-order valence-electron chi connectivity index (χ3n) is 3.74. The fraction of sp³-hybridized carbons (Fsp3) is 0.222. The molecule has 4 heteroatoms. The zero-order chi connectivity index (χ0) is 15.4. The summed E-state index contributed by atoms with van der Waals surface area (Å²) in [6.07, 6.45) is 2.49. The summed E-state index contributed by atoms with van der Waals surface area (Å²) in [5.41, 5.74) is 3.13. The first kappa shape index (κ1) is 14.3. The monoisotopic (exact) mass is 294 g/mol. The molecule has 0 unspecified atom stereocenters. The molecule has 1 amide bonds. The number of para-hydroxylation sites is 1. The predicted octanol–water partition coefficient (Wildman–Crippen LogP) is 3.01. The molecule has 0 aromatic heterocycles. The number of hydrogen-bond donors (Lipinski definition) is 0. The Labute approximate surface area is 130 Å². The largest absolute Gasteiger partial charge is 0.386 e. The van der Waals surface area contributed by atoms with Gasteiger partial charge in [-0.1, -0.05) is 53.7 Å². The first-order valence-corrected chi connectivity index (χ1v) is 7.36. The summed E-state index contributed by atoms with van der Waals surface area (Å²) in [5, 5.41) is 3.86. The quantitative estimate of drug-likeness (QED) is 0.642. The standard InChI is InChI=1S/C18H18N2O2/c1-14-11-16-9-5-6-10-17(16)20(14)18(21)13-22-19-12-15-7-3-2-4-8-15/h2-10,12,14H,11,13H2,1H3/b19-12-/t14-/m1/s1. The van der Waals surface area contributed by atoms with Gasteiger partial charge in [-0.3, -0.25) is 4.79 Å². The van der Waals surface area contributed by atoms with Crippen LogP contribution in [0, 0.1) is 0 Å². The van der Waals surface area contributed by atoms with E-state index in [4.69, 9.17) is 4.84 Å². The van der Waals surface area contributed by atoms with Gasteiger partial charge in [-0.2, -0.15) is 0 Å². The number of nitrogens with zero attached hydrogens (tertiary/aromatic N) is 2. The van der Waals surface area contributed by atoms with Gasteiger partial charge < -0.3 is 9.74 Å². The molecule has 1 heterocycles. The van der Waals surface area contributed by atoms with Crippen molar-refractivity contribution in [3.63, 3.8) is 0 Å². The van der Waals surface area contributed by atoms with Crippen LogP contribution in [0.1, 0.15) is 18.1 Å². The molecular weight excluding hydrogens is 276 g/mol. The molecule has 0 saturated heterocycles. The van der Waals surface area contributed by atoms with Crippen molar-refractivity contribution in [2.75, 3.05) is 11.5 Å². The Morgan fingerprint density at radius 3 is 2.77 bits per heavy atom. The molecule has 0 radical (unpaired) electrons. The Hall–Kier alpha value is -2.62. The maximum atomic E-state index is 12.4. The van der Waals surface area contributed by atoms with Gasteiger partial charge in [-0.25, -0.2) is 0 Å². The summed E-state index contributed by atoms with van der Waals surface area (Å²) >= 11 is 0. The smallest absolute Gasteiger partial charge is 0.268 e. The lowest BCUT2D eigenvalue weighted by Crippen LogP contribution is -2.37. The van der Waals surface area contributed by atoms with Crippen molar-refractivity contribution in [1.82, 2.24) is 0 Å². The van der Waals surface area contributed by atoms with Crippen LogP contribution in [-0.2, 0) is 16.1 Å². The summed E-state index contributed by atoms with van der Waals surface area (Å²) in [7, 11) is 0. The van der Waals surface area contributed by atoms with Gasteiger partial charge in [0.2, 0.25) is 0 Å². The molecule has 0 aliphatic carbocycles. The van der Waals surface area contributed by atoms with Crippen LogP contribution in [0.5, 0.6) is 0 Å².